The summed E-state index contributed by atoms with van der Waals surface area (Å²) in [6, 6.07) is 19.4. The van der Waals surface area contributed by atoms with Gasteiger partial charge in [-0.05, 0) is 67.3 Å². The Bertz CT molecular complexity index is 1430. The molecule has 2 amide bonds. The van der Waals surface area contributed by atoms with Crippen LogP contribution in [-0.4, -0.2) is 57.6 Å². The molecular formula is C30H32FN5O4. The molecule has 1 aliphatic rings. The van der Waals surface area contributed by atoms with E-state index in [0.717, 1.165) is 12.8 Å². The lowest BCUT2D eigenvalue weighted by atomic mass is 10.0. The van der Waals surface area contributed by atoms with E-state index in [0.29, 0.717) is 47.7 Å². The zero-order chi connectivity index (χ0) is 27.9. The number of aromatic nitrogens is 3. The Morgan fingerprint density at radius 1 is 1.12 bits per heavy atom. The fourth-order valence-corrected chi connectivity index (χ4v) is 4.87. The zero-order valence-corrected chi connectivity index (χ0v) is 22.3. The molecular weight excluding hydrogens is 513 g/mol. The maximum absolute atomic E-state index is 14.0. The van der Waals surface area contributed by atoms with Gasteiger partial charge in [0.05, 0.1) is 18.2 Å². The van der Waals surface area contributed by atoms with E-state index < -0.39 is 6.04 Å². The number of nitrogens with one attached hydrogen (secondary N) is 1. The summed E-state index contributed by atoms with van der Waals surface area (Å²) in [6.07, 6.45) is 1.75. The Morgan fingerprint density at radius 2 is 1.90 bits per heavy atom. The number of amides is 2. The van der Waals surface area contributed by atoms with Crippen molar-refractivity contribution in [1.82, 2.24) is 25.2 Å². The van der Waals surface area contributed by atoms with Gasteiger partial charge in [0.15, 0.2) is 0 Å². The Balaban J connectivity index is 1.49. The Kier molecular flexibility index (Phi) is 8.65. The lowest BCUT2D eigenvalue weighted by molar-refractivity contribution is -0.142. The molecule has 1 saturated heterocycles. The minimum absolute atomic E-state index is 0.0623. The van der Waals surface area contributed by atoms with E-state index in [4.69, 9.17) is 9.47 Å². The van der Waals surface area contributed by atoms with E-state index >= 15 is 0 Å². The molecule has 0 spiro atoms. The molecule has 0 radical (unpaired) electrons. The van der Waals surface area contributed by atoms with Gasteiger partial charge in [0, 0.05) is 19.7 Å². The van der Waals surface area contributed by atoms with Gasteiger partial charge < -0.3 is 19.7 Å². The number of rotatable bonds is 11. The maximum atomic E-state index is 14.0. The first-order valence-corrected chi connectivity index (χ1v) is 13.5. The second-order valence-corrected chi connectivity index (χ2v) is 9.67. The minimum Gasteiger partial charge on any atom is -0.494 e. The van der Waals surface area contributed by atoms with E-state index in [9.17, 15) is 14.0 Å². The summed E-state index contributed by atoms with van der Waals surface area (Å²) in [6.45, 7) is 3.37. The molecule has 2 heterocycles. The molecule has 208 valence electrons. The van der Waals surface area contributed by atoms with E-state index in [1.165, 1.54) is 21.7 Å². The maximum Gasteiger partial charge on any atom is 0.247 e. The highest BCUT2D eigenvalue weighted by Crippen LogP contribution is 2.27. The number of carbonyl (C=O) groups is 2. The van der Waals surface area contributed by atoms with Crippen molar-refractivity contribution in [2.45, 2.75) is 45.0 Å². The number of ether oxygens (including phenoxy) is 2. The predicted octanol–water partition coefficient (Wildman–Crippen LogP) is 4.03. The minimum atomic E-state index is -0.968. The summed E-state index contributed by atoms with van der Waals surface area (Å²) in [5, 5.41) is 11.3. The molecule has 0 saturated carbocycles. The second-order valence-electron chi connectivity index (χ2n) is 9.67. The average Bonchev–Trinajstić information content (AvgIpc) is 3.64. The van der Waals surface area contributed by atoms with Crippen LogP contribution in [0.3, 0.4) is 0 Å². The van der Waals surface area contributed by atoms with Crippen LogP contribution in [0.1, 0.15) is 36.9 Å². The van der Waals surface area contributed by atoms with E-state index in [-0.39, 0.29) is 36.8 Å². The van der Waals surface area contributed by atoms with Crippen LogP contribution in [-0.2, 0) is 27.4 Å². The first kappa shape index (κ1) is 27.3. The van der Waals surface area contributed by atoms with Crippen molar-refractivity contribution in [3.8, 4) is 5.75 Å². The SMILES string of the molecule is CCOc1ccc([C@H](C(=O)NC[C@@H]2CCCO2)N(Cc2ccc(F)cc2)C(=O)Cn2nnc3ccccc32)cc1. The molecule has 3 aromatic carbocycles. The van der Waals surface area contributed by atoms with Gasteiger partial charge >= 0.3 is 0 Å². The number of carbonyl (C=O) groups excluding carboxylic acids is 2. The van der Waals surface area contributed by atoms with E-state index in [1.807, 2.05) is 31.2 Å². The topological polar surface area (TPSA) is 98.6 Å². The van der Waals surface area contributed by atoms with E-state index in [1.54, 1.807) is 36.4 Å². The fourth-order valence-electron chi connectivity index (χ4n) is 4.87. The van der Waals surface area contributed by atoms with Crippen molar-refractivity contribution < 1.29 is 23.5 Å². The predicted molar refractivity (Wildman–Crippen MR) is 147 cm³/mol. The standard InChI is InChI=1S/C30H32FN5O4/c1-2-39-24-15-11-22(12-16-24)29(30(38)32-18-25-6-5-17-40-25)35(19-21-9-13-23(31)14-10-21)28(37)20-36-27-8-4-3-7-26(27)33-34-36/h3-4,7-16,25,29H,2,5-6,17-20H2,1H3,(H,32,38)/t25-,29+/m0/s1. The molecule has 4 aromatic rings. The van der Waals surface area contributed by atoms with Crippen molar-refractivity contribution in [2.24, 2.45) is 0 Å². The van der Waals surface area contributed by atoms with Gasteiger partial charge in [-0.2, -0.15) is 0 Å². The molecule has 1 aliphatic heterocycles. The summed E-state index contributed by atoms with van der Waals surface area (Å²) in [4.78, 5) is 29.3. The number of nitrogens with zero attached hydrogens (tertiary/aromatic N) is 4. The molecule has 1 fully saturated rings. The normalized spacial score (nSPS) is 15.6. The average molecular weight is 546 g/mol. The molecule has 1 aromatic heterocycles. The van der Waals surface area contributed by atoms with Gasteiger partial charge in [0.2, 0.25) is 11.8 Å². The number of hydrogen-bond donors (Lipinski definition) is 1. The zero-order valence-electron chi connectivity index (χ0n) is 22.3. The Hall–Kier alpha value is -4.31. The van der Waals surface area contributed by atoms with E-state index in [2.05, 4.69) is 15.6 Å². The molecule has 40 heavy (non-hydrogen) atoms. The van der Waals surface area contributed by atoms with Gasteiger partial charge in [-0.25, -0.2) is 9.07 Å². The van der Waals surface area contributed by atoms with Crippen LogP contribution in [0.5, 0.6) is 5.75 Å². The summed E-state index contributed by atoms with van der Waals surface area (Å²) in [5.41, 5.74) is 2.67. The molecule has 2 atom stereocenters. The number of fused-ring (bicyclic) bond motifs is 1. The van der Waals surface area contributed by atoms with Crippen molar-refractivity contribution >= 4 is 22.8 Å². The second kappa shape index (κ2) is 12.7. The third-order valence-electron chi connectivity index (χ3n) is 6.89. The van der Waals surface area contributed by atoms with Crippen molar-refractivity contribution in [2.75, 3.05) is 19.8 Å². The van der Waals surface area contributed by atoms with Crippen LogP contribution < -0.4 is 10.1 Å². The lowest BCUT2D eigenvalue weighted by Crippen LogP contribution is -2.46. The Morgan fingerprint density at radius 3 is 2.62 bits per heavy atom. The van der Waals surface area contributed by atoms with Gasteiger partial charge in [-0.15, -0.1) is 5.10 Å². The molecule has 0 aliphatic carbocycles. The number of hydrogen-bond acceptors (Lipinski definition) is 6. The molecule has 5 rings (SSSR count). The molecule has 1 N–H and O–H groups in total. The van der Waals surface area contributed by atoms with Crippen LogP contribution in [0, 0.1) is 5.82 Å². The van der Waals surface area contributed by atoms with Crippen LogP contribution in [0.4, 0.5) is 4.39 Å². The smallest absolute Gasteiger partial charge is 0.247 e. The number of halogens is 1. The van der Waals surface area contributed by atoms with Crippen LogP contribution in [0.2, 0.25) is 0 Å². The molecule has 9 nitrogen and oxygen atoms in total. The molecule has 0 unspecified atom stereocenters. The summed E-state index contributed by atoms with van der Waals surface area (Å²) in [7, 11) is 0. The Labute approximate surface area is 231 Å². The van der Waals surface area contributed by atoms with Crippen LogP contribution >= 0.6 is 0 Å². The first-order valence-electron chi connectivity index (χ1n) is 13.5. The van der Waals surface area contributed by atoms with Gasteiger partial charge in [0.1, 0.15) is 29.7 Å². The highest BCUT2D eigenvalue weighted by Gasteiger charge is 2.33. The van der Waals surface area contributed by atoms with Gasteiger partial charge in [0.25, 0.3) is 0 Å². The van der Waals surface area contributed by atoms with Crippen LogP contribution in [0.15, 0.2) is 72.8 Å². The van der Waals surface area contributed by atoms with Gasteiger partial charge in [-0.3, -0.25) is 9.59 Å². The number of para-hydroxylation sites is 1. The molecule has 0 bridgehead atoms. The van der Waals surface area contributed by atoms with Crippen molar-refractivity contribution in [1.29, 1.82) is 0 Å². The highest BCUT2D eigenvalue weighted by molar-refractivity contribution is 5.89. The third-order valence-corrected chi connectivity index (χ3v) is 6.89. The van der Waals surface area contributed by atoms with Gasteiger partial charge in [-0.1, -0.05) is 41.6 Å². The largest absolute Gasteiger partial charge is 0.494 e. The van der Waals surface area contributed by atoms with Crippen LogP contribution in [0.25, 0.3) is 11.0 Å². The third kappa shape index (κ3) is 6.45. The summed E-state index contributed by atoms with van der Waals surface area (Å²) in [5.74, 6) is -0.395. The monoisotopic (exact) mass is 545 g/mol. The summed E-state index contributed by atoms with van der Waals surface area (Å²) < 4.78 is 26.5. The van der Waals surface area contributed by atoms with Crippen molar-refractivity contribution in [3.05, 3.63) is 89.7 Å². The summed E-state index contributed by atoms with van der Waals surface area (Å²) >= 11 is 0. The first-order chi connectivity index (χ1) is 19.5. The quantitative estimate of drug-likeness (QED) is 0.306. The fraction of sp³-hybridized carbons (Fsp3) is 0.333. The molecule has 10 heteroatoms. The number of benzene rings is 3. The van der Waals surface area contributed by atoms with Crippen molar-refractivity contribution in [3.63, 3.8) is 0 Å². The lowest BCUT2D eigenvalue weighted by Gasteiger charge is -2.32. The highest BCUT2D eigenvalue weighted by atomic mass is 19.1.